The molecule has 7 nitrogen and oxygen atoms in total. The van der Waals surface area contributed by atoms with Crippen molar-refractivity contribution >= 4 is 15.7 Å². The number of nitrogens with one attached hydrogen (secondary N) is 1. The van der Waals surface area contributed by atoms with Crippen LogP contribution in [0.1, 0.15) is 18.4 Å². The fourth-order valence-electron chi connectivity index (χ4n) is 2.84. The second-order valence-electron chi connectivity index (χ2n) is 5.85. The van der Waals surface area contributed by atoms with Crippen molar-refractivity contribution in [2.45, 2.75) is 23.3 Å². The smallest absolute Gasteiger partial charge is 0.264 e. The van der Waals surface area contributed by atoms with Gasteiger partial charge >= 0.3 is 0 Å². The van der Waals surface area contributed by atoms with Gasteiger partial charge in [0, 0.05) is 0 Å². The minimum atomic E-state index is -3.79. The molecule has 0 aliphatic carbocycles. The lowest BCUT2D eigenvalue weighted by Crippen LogP contribution is -2.57. The van der Waals surface area contributed by atoms with Gasteiger partial charge in [-0.1, -0.05) is 12.1 Å². The van der Waals surface area contributed by atoms with E-state index in [0.717, 1.165) is 0 Å². The maximum absolute atomic E-state index is 12.9. The number of sulfone groups is 1. The van der Waals surface area contributed by atoms with E-state index in [9.17, 15) is 13.2 Å². The van der Waals surface area contributed by atoms with Crippen LogP contribution in [0.15, 0.2) is 24.3 Å². The van der Waals surface area contributed by atoms with Crippen molar-refractivity contribution in [2.75, 3.05) is 27.2 Å². The van der Waals surface area contributed by atoms with E-state index in [0.29, 0.717) is 24.4 Å². The number of hydroxylamine groups is 1. The van der Waals surface area contributed by atoms with E-state index in [1.165, 1.54) is 7.11 Å². The second-order valence-corrected chi connectivity index (χ2v) is 8.15. The first-order valence-electron chi connectivity index (χ1n) is 7.33. The van der Waals surface area contributed by atoms with E-state index in [1.807, 2.05) is 11.9 Å². The highest BCUT2D eigenvalue weighted by molar-refractivity contribution is 7.92. The quantitative estimate of drug-likeness (QED) is 0.600. The zero-order valence-corrected chi connectivity index (χ0v) is 14.1. The summed E-state index contributed by atoms with van der Waals surface area (Å²) in [7, 11) is -0.387. The molecule has 0 unspecified atom stereocenters. The molecule has 1 aromatic carbocycles. The van der Waals surface area contributed by atoms with Crippen LogP contribution in [0, 0.1) is 0 Å². The fourth-order valence-corrected chi connectivity index (χ4v) is 4.88. The molecule has 0 spiro atoms. The SMILES string of the molecule is COc1ccc(CS(=O)(=O)C2(C(=O)NO)CCN(C)CC2)cc1. The Morgan fingerprint density at radius 1 is 1.30 bits per heavy atom. The molecular formula is C15H22N2O5S. The number of methoxy groups -OCH3 is 1. The molecule has 1 aromatic rings. The first-order chi connectivity index (χ1) is 10.8. The van der Waals surface area contributed by atoms with Gasteiger partial charge in [0.1, 0.15) is 5.75 Å². The Kier molecular flexibility index (Phi) is 5.28. The molecule has 0 radical (unpaired) electrons. The molecule has 128 valence electrons. The summed E-state index contributed by atoms with van der Waals surface area (Å²) in [5.74, 6) is -0.471. The molecule has 1 amide bonds. The van der Waals surface area contributed by atoms with E-state index >= 15 is 0 Å². The van der Waals surface area contributed by atoms with Crippen molar-refractivity contribution in [3.05, 3.63) is 29.8 Å². The topological polar surface area (TPSA) is 95.9 Å². The van der Waals surface area contributed by atoms with E-state index < -0.39 is 20.5 Å². The molecule has 1 saturated heterocycles. The predicted molar refractivity (Wildman–Crippen MR) is 85.0 cm³/mol. The molecule has 0 aromatic heterocycles. The van der Waals surface area contributed by atoms with Gasteiger partial charge in [0.05, 0.1) is 12.9 Å². The van der Waals surface area contributed by atoms with E-state index in [4.69, 9.17) is 9.94 Å². The minimum absolute atomic E-state index is 0.161. The summed E-state index contributed by atoms with van der Waals surface area (Å²) in [6.07, 6.45) is 0.322. The number of benzene rings is 1. The van der Waals surface area contributed by atoms with Crippen molar-refractivity contribution < 1.29 is 23.2 Å². The Hall–Kier alpha value is -1.64. The summed E-state index contributed by atoms with van der Waals surface area (Å²) in [6, 6.07) is 6.68. The van der Waals surface area contributed by atoms with Gasteiger partial charge in [0.15, 0.2) is 14.6 Å². The standard InChI is InChI=1S/C15H22N2O5S/c1-17-9-7-15(8-10-17,14(18)16-19)23(20,21)11-12-3-5-13(22-2)6-4-12/h3-6,19H,7-11H2,1-2H3,(H,16,18). The van der Waals surface area contributed by atoms with Crippen molar-refractivity contribution in [3.63, 3.8) is 0 Å². The molecule has 2 rings (SSSR count). The zero-order valence-electron chi connectivity index (χ0n) is 13.3. The Balaban J connectivity index is 2.30. The molecule has 8 heteroatoms. The van der Waals surface area contributed by atoms with Crippen LogP contribution in [0.25, 0.3) is 0 Å². The van der Waals surface area contributed by atoms with Crippen molar-refractivity contribution in [3.8, 4) is 5.75 Å². The number of likely N-dealkylation sites (tertiary alicyclic amines) is 1. The molecule has 0 bridgehead atoms. The van der Waals surface area contributed by atoms with Crippen LogP contribution in [0.2, 0.25) is 0 Å². The van der Waals surface area contributed by atoms with Crippen LogP contribution >= 0.6 is 0 Å². The van der Waals surface area contributed by atoms with E-state index in [1.54, 1.807) is 29.7 Å². The van der Waals surface area contributed by atoms with Gasteiger partial charge in [-0.05, 0) is 50.7 Å². The normalized spacial score (nSPS) is 18.4. The Morgan fingerprint density at radius 3 is 2.35 bits per heavy atom. The lowest BCUT2D eigenvalue weighted by molar-refractivity contribution is -0.133. The number of nitrogens with zero attached hydrogens (tertiary/aromatic N) is 1. The summed E-state index contributed by atoms with van der Waals surface area (Å²) in [4.78, 5) is 14.1. The maximum atomic E-state index is 12.9. The molecular weight excluding hydrogens is 320 g/mol. The third kappa shape index (κ3) is 3.49. The van der Waals surface area contributed by atoms with Gasteiger partial charge in [-0.3, -0.25) is 10.0 Å². The van der Waals surface area contributed by atoms with Gasteiger partial charge < -0.3 is 9.64 Å². The van der Waals surface area contributed by atoms with Gasteiger partial charge in [-0.15, -0.1) is 0 Å². The van der Waals surface area contributed by atoms with Gasteiger partial charge in [-0.2, -0.15) is 0 Å². The molecule has 0 atom stereocenters. The zero-order chi connectivity index (χ0) is 17.1. The number of piperidine rings is 1. The maximum Gasteiger partial charge on any atom is 0.264 e. The summed E-state index contributed by atoms with van der Waals surface area (Å²) in [5, 5.41) is 9.02. The molecule has 1 fully saturated rings. The largest absolute Gasteiger partial charge is 0.497 e. The van der Waals surface area contributed by atoms with Gasteiger partial charge in [0.2, 0.25) is 0 Å². The molecule has 1 heterocycles. The highest BCUT2D eigenvalue weighted by atomic mass is 32.2. The minimum Gasteiger partial charge on any atom is -0.497 e. The highest BCUT2D eigenvalue weighted by Crippen LogP contribution is 2.33. The highest BCUT2D eigenvalue weighted by Gasteiger charge is 2.51. The van der Waals surface area contributed by atoms with Crippen LogP contribution in [0.4, 0.5) is 0 Å². The van der Waals surface area contributed by atoms with Crippen LogP contribution in [0.5, 0.6) is 5.75 Å². The van der Waals surface area contributed by atoms with Crippen LogP contribution in [-0.2, 0) is 20.4 Å². The summed E-state index contributed by atoms with van der Waals surface area (Å²) in [5.41, 5.74) is 2.12. The Morgan fingerprint density at radius 2 is 1.87 bits per heavy atom. The molecule has 23 heavy (non-hydrogen) atoms. The average molecular weight is 342 g/mol. The number of hydrogen-bond donors (Lipinski definition) is 2. The lowest BCUT2D eigenvalue weighted by Gasteiger charge is -2.38. The lowest BCUT2D eigenvalue weighted by atomic mass is 9.95. The summed E-state index contributed by atoms with van der Waals surface area (Å²) in [6.45, 7) is 0.963. The monoisotopic (exact) mass is 342 g/mol. The van der Waals surface area contributed by atoms with Crippen LogP contribution in [0.3, 0.4) is 0 Å². The van der Waals surface area contributed by atoms with Gasteiger partial charge in [-0.25, -0.2) is 13.9 Å². The van der Waals surface area contributed by atoms with E-state index in [2.05, 4.69) is 0 Å². The molecule has 1 aliphatic rings. The number of rotatable bonds is 5. The third-order valence-corrected chi connectivity index (χ3v) is 6.92. The molecule has 1 aliphatic heterocycles. The predicted octanol–water partition coefficient (Wildman–Crippen LogP) is 0.580. The van der Waals surface area contributed by atoms with Crippen LogP contribution in [-0.4, -0.2) is 56.4 Å². The van der Waals surface area contributed by atoms with Crippen molar-refractivity contribution in [2.24, 2.45) is 0 Å². The molecule has 2 N–H and O–H groups in total. The first-order valence-corrected chi connectivity index (χ1v) is 8.98. The number of carbonyl (C=O) groups excluding carboxylic acids is 1. The first kappa shape index (κ1) is 17.7. The van der Waals surface area contributed by atoms with Crippen molar-refractivity contribution in [1.82, 2.24) is 10.4 Å². The number of hydrogen-bond acceptors (Lipinski definition) is 6. The third-order valence-electron chi connectivity index (χ3n) is 4.42. The Labute approximate surface area is 136 Å². The van der Waals surface area contributed by atoms with Gasteiger partial charge in [0.25, 0.3) is 5.91 Å². The Bertz CT molecular complexity index is 649. The summed E-state index contributed by atoms with van der Waals surface area (Å²) < 4.78 is 29.3. The van der Waals surface area contributed by atoms with Crippen molar-refractivity contribution in [1.29, 1.82) is 0 Å². The van der Waals surface area contributed by atoms with E-state index in [-0.39, 0.29) is 18.6 Å². The van der Waals surface area contributed by atoms with Crippen LogP contribution < -0.4 is 10.2 Å². The number of ether oxygens (including phenoxy) is 1. The fraction of sp³-hybridized carbons (Fsp3) is 0.533. The second kappa shape index (κ2) is 6.86. The summed E-state index contributed by atoms with van der Waals surface area (Å²) >= 11 is 0. The number of carbonyl (C=O) groups is 1. The number of amides is 1. The molecule has 0 saturated carbocycles. The average Bonchev–Trinajstić information content (AvgIpc) is 2.55.